The molecule has 0 spiro atoms. The molecule has 0 aromatic carbocycles. The summed E-state index contributed by atoms with van der Waals surface area (Å²) in [6, 6.07) is 11.2. The molecule has 1 amide bonds. The molecule has 0 unspecified atom stereocenters. The third-order valence-electron chi connectivity index (χ3n) is 5.40. The van der Waals surface area contributed by atoms with Gasteiger partial charge in [-0.3, -0.25) is 14.7 Å². The van der Waals surface area contributed by atoms with Gasteiger partial charge in [-0.25, -0.2) is 0 Å². The van der Waals surface area contributed by atoms with Crippen molar-refractivity contribution in [3.05, 3.63) is 61.9 Å². The van der Waals surface area contributed by atoms with E-state index in [4.69, 9.17) is 0 Å². The van der Waals surface area contributed by atoms with Gasteiger partial charge in [-0.05, 0) is 52.5 Å². The van der Waals surface area contributed by atoms with Crippen molar-refractivity contribution in [3.8, 4) is 10.6 Å². The van der Waals surface area contributed by atoms with Gasteiger partial charge < -0.3 is 9.47 Å². The quantitative estimate of drug-likeness (QED) is 0.658. The molecule has 1 saturated heterocycles. The van der Waals surface area contributed by atoms with Crippen molar-refractivity contribution in [1.29, 1.82) is 0 Å². The van der Waals surface area contributed by atoms with Crippen LogP contribution in [-0.2, 0) is 6.54 Å². The summed E-state index contributed by atoms with van der Waals surface area (Å²) >= 11 is 5.06. The van der Waals surface area contributed by atoms with E-state index < -0.39 is 0 Å². The number of halogens is 1. The number of rotatable bonds is 2. The monoisotopic (exact) mass is 444 g/mol. The fourth-order valence-electron chi connectivity index (χ4n) is 4.24. The van der Waals surface area contributed by atoms with Gasteiger partial charge in [0.25, 0.3) is 11.5 Å². The zero-order valence-electron chi connectivity index (χ0n) is 14.4. The molecular formula is C19H17BrN4O2S. The van der Waals surface area contributed by atoms with Crippen LogP contribution < -0.4 is 5.56 Å². The molecule has 0 aliphatic carbocycles. The molecule has 138 valence electrons. The van der Waals surface area contributed by atoms with E-state index in [0.29, 0.717) is 31.2 Å². The van der Waals surface area contributed by atoms with Crippen molar-refractivity contribution < 1.29 is 4.79 Å². The number of piperidine rings is 1. The van der Waals surface area contributed by atoms with E-state index in [1.165, 1.54) is 0 Å². The third kappa shape index (κ3) is 2.96. The highest BCUT2D eigenvalue weighted by atomic mass is 79.9. The highest BCUT2D eigenvalue weighted by Gasteiger charge is 2.37. The Hall–Kier alpha value is -2.19. The third-order valence-corrected chi connectivity index (χ3v) is 7.06. The van der Waals surface area contributed by atoms with Crippen LogP contribution in [-0.4, -0.2) is 38.7 Å². The van der Waals surface area contributed by atoms with Crippen LogP contribution in [0.25, 0.3) is 10.6 Å². The van der Waals surface area contributed by atoms with Crippen LogP contribution in [0.3, 0.4) is 0 Å². The molecule has 5 rings (SSSR count). The second kappa shape index (κ2) is 6.45. The number of nitrogens with zero attached hydrogens (tertiary/aromatic N) is 3. The number of aromatic amines is 1. The Morgan fingerprint density at radius 2 is 2.11 bits per heavy atom. The van der Waals surface area contributed by atoms with Crippen LogP contribution in [0.15, 0.2) is 45.0 Å². The number of nitrogens with one attached hydrogen (secondary N) is 1. The molecule has 0 saturated carbocycles. The zero-order valence-corrected chi connectivity index (χ0v) is 16.8. The average molecular weight is 445 g/mol. The molecule has 5 heterocycles. The Morgan fingerprint density at radius 1 is 1.22 bits per heavy atom. The average Bonchev–Trinajstić information content (AvgIpc) is 3.31. The zero-order chi connectivity index (χ0) is 18.5. The van der Waals surface area contributed by atoms with Crippen LogP contribution in [0.1, 0.15) is 28.5 Å². The van der Waals surface area contributed by atoms with Crippen LogP contribution >= 0.6 is 27.3 Å². The Balaban J connectivity index is 1.40. The van der Waals surface area contributed by atoms with Gasteiger partial charge in [-0.2, -0.15) is 5.10 Å². The SMILES string of the molecule is O=C(c1cc(-c2ccc(Br)s2)[nH]n1)N1C[C@H]2C[C@@H](C1)c1cccc(=O)n1C2. The number of likely N-dealkylation sites (tertiary alicyclic amines) is 1. The number of fused-ring (bicyclic) bond motifs is 4. The molecular weight excluding hydrogens is 428 g/mol. The highest BCUT2D eigenvalue weighted by molar-refractivity contribution is 9.11. The Bertz CT molecular complexity index is 1090. The Labute approximate surface area is 168 Å². The summed E-state index contributed by atoms with van der Waals surface area (Å²) in [6.07, 6.45) is 1.03. The molecule has 1 N–H and O–H groups in total. The fourth-order valence-corrected chi connectivity index (χ4v) is 5.59. The molecule has 8 heteroatoms. The first-order chi connectivity index (χ1) is 13.1. The lowest BCUT2D eigenvalue weighted by Gasteiger charge is -2.42. The highest BCUT2D eigenvalue weighted by Crippen LogP contribution is 2.36. The summed E-state index contributed by atoms with van der Waals surface area (Å²) in [5.74, 6) is 0.475. The van der Waals surface area contributed by atoms with Crippen LogP contribution in [0.4, 0.5) is 0 Å². The van der Waals surface area contributed by atoms with Crippen LogP contribution in [0.5, 0.6) is 0 Å². The van der Waals surface area contributed by atoms with Gasteiger partial charge in [-0.15, -0.1) is 11.3 Å². The summed E-state index contributed by atoms with van der Waals surface area (Å²) in [4.78, 5) is 28.1. The number of amides is 1. The summed E-state index contributed by atoms with van der Waals surface area (Å²) in [6.45, 7) is 1.98. The van der Waals surface area contributed by atoms with E-state index in [1.54, 1.807) is 17.4 Å². The number of thiophene rings is 1. The number of hydrogen-bond donors (Lipinski definition) is 1. The van der Waals surface area contributed by atoms with Gasteiger partial charge >= 0.3 is 0 Å². The summed E-state index contributed by atoms with van der Waals surface area (Å²) < 4.78 is 2.92. The van der Waals surface area contributed by atoms with Gasteiger partial charge in [0, 0.05) is 37.3 Å². The van der Waals surface area contributed by atoms with Gasteiger partial charge in [0.15, 0.2) is 5.69 Å². The van der Waals surface area contributed by atoms with Gasteiger partial charge in [0.05, 0.1) is 14.4 Å². The molecule has 2 aliphatic rings. The number of aromatic nitrogens is 3. The summed E-state index contributed by atoms with van der Waals surface area (Å²) in [7, 11) is 0. The normalized spacial score (nSPS) is 21.1. The Morgan fingerprint density at radius 3 is 2.93 bits per heavy atom. The van der Waals surface area contributed by atoms with Gasteiger partial charge in [0.1, 0.15) is 0 Å². The standard InChI is InChI=1S/C19H17BrN4O2S/c20-17-5-4-16(27-17)13-7-14(22-21-13)19(26)23-8-11-6-12(10-23)15-2-1-3-18(25)24(15)9-11/h1-5,7,11-12H,6,8-10H2,(H,21,22)/t11-,12+/m1/s1. The minimum Gasteiger partial charge on any atom is -0.336 e. The first-order valence-electron chi connectivity index (χ1n) is 8.88. The summed E-state index contributed by atoms with van der Waals surface area (Å²) in [5, 5.41) is 7.22. The largest absolute Gasteiger partial charge is 0.336 e. The number of carbonyl (C=O) groups excluding carboxylic acids is 1. The van der Waals surface area contributed by atoms with Crippen LogP contribution in [0, 0.1) is 5.92 Å². The Kier molecular flexibility index (Phi) is 4.05. The first-order valence-corrected chi connectivity index (χ1v) is 10.5. The molecule has 3 aromatic heterocycles. The molecule has 0 radical (unpaired) electrons. The minimum atomic E-state index is -0.0467. The molecule has 2 bridgehead atoms. The lowest BCUT2D eigenvalue weighted by atomic mass is 9.83. The maximum Gasteiger partial charge on any atom is 0.274 e. The number of H-pyrrole nitrogens is 1. The van der Waals surface area contributed by atoms with Crippen molar-refractivity contribution in [3.63, 3.8) is 0 Å². The van der Waals surface area contributed by atoms with E-state index in [0.717, 1.165) is 26.5 Å². The molecule has 2 atom stereocenters. The van der Waals surface area contributed by atoms with E-state index in [-0.39, 0.29) is 17.4 Å². The lowest BCUT2D eigenvalue weighted by molar-refractivity contribution is 0.0588. The van der Waals surface area contributed by atoms with E-state index >= 15 is 0 Å². The van der Waals surface area contributed by atoms with E-state index in [9.17, 15) is 9.59 Å². The predicted molar refractivity (Wildman–Crippen MR) is 107 cm³/mol. The first kappa shape index (κ1) is 16.9. The second-order valence-corrected chi connectivity index (χ2v) is 9.64. The number of hydrogen-bond acceptors (Lipinski definition) is 4. The van der Waals surface area contributed by atoms with Crippen molar-refractivity contribution in [2.75, 3.05) is 13.1 Å². The topological polar surface area (TPSA) is 71.0 Å². The lowest BCUT2D eigenvalue weighted by Crippen LogP contribution is -2.49. The molecule has 1 fully saturated rings. The van der Waals surface area contributed by atoms with Gasteiger partial charge in [-0.1, -0.05) is 6.07 Å². The maximum atomic E-state index is 13.0. The number of carbonyl (C=O) groups is 1. The van der Waals surface area contributed by atoms with Gasteiger partial charge in [0.2, 0.25) is 0 Å². The van der Waals surface area contributed by atoms with Crippen LogP contribution in [0.2, 0.25) is 0 Å². The van der Waals surface area contributed by atoms with E-state index in [1.807, 2.05) is 39.8 Å². The second-order valence-electron chi connectivity index (χ2n) is 7.18. The molecule has 2 aliphatic heterocycles. The molecule has 27 heavy (non-hydrogen) atoms. The van der Waals surface area contributed by atoms with Crippen molar-refractivity contribution in [2.24, 2.45) is 5.92 Å². The number of pyridine rings is 1. The predicted octanol–water partition coefficient (Wildman–Crippen LogP) is 3.32. The molecule has 3 aromatic rings. The maximum absolute atomic E-state index is 13.0. The summed E-state index contributed by atoms with van der Waals surface area (Å²) in [5.41, 5.74) is 2.39. The van der Waals surface area contributed by atoms with Crippen molar-refractivity contribution in [2.45, 2.75) is 18.9 Å². The fraction of sp³-hybridized carbons (Fsp3) is 0.316. The van der Waals surface area contributed by atoms with Crippen molar-refractivity contribution >= 4 is 33.2 Å². The van der Waals surface area contributed by atoms with Crippen molar-refractivity contribution in [1.82, 2.24) is 19.7 Å². The van der Waals surface area contributed by atoms with E-state index in [2.05, 4.69) is 26.1 Å². The smallest absolute Gasteiger partial charge is 0.274 e. The minimum absolute atomic E-state index is 0.0467. The molecule has 6 nitrogen and oxygen atoms in total.